The van der Waals surface area contributed by atoms with Crippen molar-refractivity contribution in [3.8, 4) is 0 Å². The van der Waals surface area contributed by atoms with Crippen molar-refractivity contribution in [2.75, 3.05) is 13.1 Å². The fourth-order valence-corrected chi connectivity index (χ4v) is 2.01. The molecule has 0 spiro atoms. The molecule has 5 nitrogen and oxygen atoms in total. The lowest BCUT2D eigenvalue weighted by Gasteiger charge is -2.24. The molecular weight excluding hydrogens is 208 g/mol. The van der Waals surface area contributed by atoms with Gasteiger partial charge in [0.15, 0.2) is 0 Å². The van der Waals surface area contributed by atoms with Gasteiger partial charge in [-0.05, 0) is 13.3 Å². The monoisotopic (exact) mass is 228 g/mol. The Morgan fingerprint density at radius 3 is 2.56 bits per heavy atom. The second kappa shape index (κ2) is 5.30. The fourth-order valence-electron chi connectivity index (χ4n) is 2.01. The number of amides is 1. The first-order valence-electron chi connectivity index (χ1n) is 5.69. The smallest absolute Gasteiger partial charge is 0.308 e. The molecule has 5 heteroatoms. The number of aliphatic carboxylic acids is 1. The summed E-state index contributed by atoms with van der Waals surface area (Å²) >= 11 is 0. The predicted molar refractivity (Wildman–Crippen MR) is 60.1 cm³/mol. The van der Waals surface area contributed by atoms with Gasteiger partial charge in [0.1, 0.15) is 0 Å². The van der Waals surface area contributed by atoms with E-state index in [1.165, 1.54) is 0 Å². The maximum absolute atomic E-state index is 11.8. The summed E-state index contributed by atoms with van der Waals surface area (Å²) in [6.07, 6.45) is 0.559. The summed E-state index contributed by atoms with van der Waals surface area (Å²) in [4.78, 5) is 24.4. The van der Waals surface area contributed by atoms with E-state index in [0.29, 0.717) is 13.0 Å². The minimum Gasteiger partial charge on any atom is -0.481 e. The lowest BCUT2D eigenvalue weighted by molar-refractivity contribution is -0.143. The Bertz CT molecular complexity index is 278. The Labute approximate surface area is 95.8 Å². The van der Waals surface area contributed by atoms with Crippen LogP contribution in [-0.2, 0) is 9.59 Å². The number of carboxylic acid groups (broad SMARTS) is 1. The number of rotatable bonds is 4. The van der Waals surface area contributed by atoms with E-state index in [0.717, 1.165) is 0 Å². The van der Waals surface area contributed by atoms with Gasteiger partial charge >= 0.3 is 5.97 Å². The zero-order valence-electron chi connectivity index (χ0n) is 10.1. The van der Waals surface area contributed by atoms with Gasteiger partial charge in [-0.25, -0.2) is 0 Å². The molecule has 1 fully saturated rings. The molecule has 16 heavy (non-hydrogen) atoms. The van der Waals surface area contributed by atoms with E-state index in [9.17, 15) is 9.59 Å². The maximum Gasteiger partial charge on any atom is 0.308 e. The van der Waals surface area contributed by atoms with Crippen LogP contribution in [-0.4, -0.2) is 47.1 Å². The summed E-state index contributed by atoms with van der Waals surface area (Å²) in [5.41, 5.74) is 0. The zero-order valence-corrected chi connectivity index (χ0v) is 10.1. The van der Waals surface area contributed by atoms with Crippen molar-refractivity contribution in [3.63, 3.8) is 0 Å². The van der Waals surface area contributed by atoms with Crippen molar-refractivity contribution in [3.05, 3.63) is 0 Å². The van der Waals surface area contributed by atoms with Crippen LogP contribution >= 0.6 is 0 Å². The number of hydrogen-bond donors (Lipinski definition) is 2. The molecule has 0 bridgehead atoms. The third kappa shape index (κ3) is 2.95. The number of nitrogens with one attached hydrogen (secondary N) is 1. The molecule has 1 amide bonds. The van der Waals surface area contributed by atoms with Crippen molar-refractivity contribution < 1.29 is 14.7 Å². The molecule has 1 aliphatic rings. The molecule has 1 heterocycles. The van der Waals surface area contributed by atoms with Crippen LogP contribution in [0.3, 0.4) is 0 Å². The average Bonchev–Trinajstić information content (AvgIpc) is 2.56. The number of carboxylic acids is 1. The van der Waals surface area contributed by atoms with Crippen molar-refractivity contribution in [1.29, 1.82) is 0 Å². The first kappa shape index (κ1) is 13.0. The fraction of sp³-hybridized carbons (Fsp3) is 0.818. The van der Waals surface area contributed by atoms with Crippen molar-refractivity contribution in [1.82, 2.24) is 10.2 Å². The molecule has 0 aromatic carbocycles. The van der Waals surface area contributed by atoms with Gasteiger partial charge in [-0.2, -0.15) is 0 Å². The maximum atomic E-state index is 11.8. The molecule has 0 radical (unpaired) electrons. The Kier molecular flexibility index (Phi) is 4.29. The van der Waals surface area contributed by atoms with E-state index in [-0.39, 0.29) is 24.5 Å². The van der Waals surface area contributed by atoms with Gasteiger partial charge in [0.2, 0.25) is 5.91 Å². The molecule has 0 aliphatic carbocycles. The van der Waals surface area contributed by atoms with E-state index < -0.39 is 11.9 Å². The summed E-state index contributed by atoms with van der Waals surface area (Å²) < 4.78 is 0. The van der Waals surface area contributed by atoms with E-state index in [2.05, 4.69) is 5.32 Å². The van der Waals surface area contributed by atoms with Crippen LogP contribution < -0.4 is 5.32 Å². The highest BCUT2D eigenvalue weighted by Gasteiger charge is 2.37. The molecule has 0 saturated carbocycles. The number of nitrogens with zero attached hydrogens (tertiary/aromatic N) is 1. The highest BCUT2D eigenvalue weighted by atomic mass is 16.4. The molecule has 2 unspecified atom stereocenters. The molecule has 92 valence electrons. The van der Waals surface area contributed by atoms with Crippen molar-refractivity contribution in [2.24, 2.45) is 5.92 Å². The van der Waals surface area contributed by atoms with Gasteiger partial charge in [-0.1, -0.05) is 13.8 Å². The Balaban J connectivity index is 2.49. The number of carbonyl (C=O) groups is 2. The standard InChI is InChI=1S/C11H20N2O3/c1-7(2)12-6-10(14)13-5-4-9(8(13)3)11(15)16/h7-9,12H,4-6H2,1-3H3,(H,15,16). The third-order valence-corrected chi connectivity index (χ3v) is 3.05. The highest BCUT2D eigenvalue weighted by molar-refractivity contribution is 5.81. The molecule has 2 atom stereocenters. The largest absolute Gasteiger partial charge is 0.481 e. The lowest BCUT2D eigenvalue weighted by atomic mass is 10.0. The summed E-state index contributed by atoms with van der Waals surface area (Å²) in [5.74, 6) is -1.23. The van der Waals surface area contributed by atoms with Crippen LogP contribution in [0.5, 0.6) is 0 Å². The second-order valence-corrected chi connectivity index (χ2v) is 4.60. The van der Waals surface area contributed by atoms with Gasteiger partial charge in [0, 0.05) is 18.6 Å². The first-order chi connectivity index (χ1) is 7.43. The molecule has 1 rings (SSSR count). The van der Waals surface area contributed by atoms with Gasteiger partial charge in [0.05, 0.1) is 12.5 Å². The Morgan fingerprint density at radius 1 is 1.50 bits per heavy atom. The molecule has 2 N–H and O–H groups in total. The quantitative estimate of drug-likeness (QED) is 0.726. The van der Waals surface area contributed by atoms with Gasteiger partial charge in [0.25, 0.3) is 0 Å². The van der Waals surface area contributed by atoms with Gasteiger partial charge in [-0.3, -0.25) is 9.59 Å². The molecule has 0 aromatic heterocycles. The van der Waals surface area contributed by atoms with Gasteiger partial charge < -0.3 is 15.3 Å². The van der Waals surface area contributed by atoms with E-state index in [1.807, 2.05) is 13.8 Å². The number of likely N-dealkylation sites (tertiary alicyclic amines) is 1. The van der Waals surface area contributed by atoms with E-state index in [4.69, 9.17) is 5.11 Å². The van der Waals surface area contributed by atoms with E-state index in [1.54, 1.807) is 11.8 Å². The first-order valence-corrected chi connectivity index (χ1v) is 5.69. The zero-order chi connectivity index (χ0) is 12.3. The van der Waals surface area contributed by atoms with Crippen LogP contribution in [0.15, 0.2) is 0 Å². The summed E-state index contributed by atoms with van der Waals surface area (Å²) in [6.45, 7) is 6.59. The van der Waals surface area contributed by atoms with Crippen LogP contribution in [0.2, 0.25) is 0 Å². The second-order valence-electron chi connectivity index (χ2n) is 4.60. The Morgan fingerprint density at radius 2 is 2.12 bits per heavy atom. The van der Waals surface area contributed by atoms with Crippen LogP contribution in [0.4, 0.5) is 0 Å². The number of carbonyl (C=O) groups excluding carboxylic acids is 1. The molecular formula is C11H20N2O3. The average molecular weight is 228 g/mol. The predicted octanol–water partition coefficient (Wildman–Crippen LogP) is 0.306. The lowest BCUT2D eigenvalue weighted by Crippen LogP contribution is -2.43. The third-order valence-electron chi connectivity index (χ3n) is 3.05. The van der Waals surface area contributed by atoms with Gasteiger partial charge in [-0.15, -0.1) is 0 Å². The van der Waals surface area contributed by atoms with Crippen LogP contribution in [0, 0.1) is 5.92 Å². The van der Waals surface area contributed by atoms with Crippen LogP contribution in [0.25, 0.3) is 0 Å². The summed E-state index contributed by atoms with van der Waals surface area (Å²) in [7, 11) is 0. The topological polar surface area (TPSA) is 69.6 Å². The highest BCUT2D eigenvalue weighted by Crippen LogP contribution is 2.24. The molecule has 0 aromatic rings. The normalized spacial score (nSPS) is 25.1. The number of hydrogen-bond acceptors (Lipinski definition) is 3. The summed E-state index contributed by atoms with van der Waals surface area (Å²) in [6, 6.07) is 0.0658. The summed E-state index contributed by atoms with van der Waals surface area (Å²) in [5, 5.41) is 12.0. The SMILES string of the molecule is CC(C)NCC(=O)N1CCC(C(=O)O)C1C. The molecule has 1 aliphatic heterocycles. The van der Waals surface area contributed by atoms with Crippen molar-refractivity contribution >= 4 is 11.9 Å². The minimum atomic E-state index is -0.806. The Hall–Kier alpha value is -1.10. The minimum absolute atomic E-state index is 0.00931. The van der Waals surface area contributed by atoms with Crippen molar-refractivity contribution in [2.45, 2.75) is 39.3 Å². The molecule has 1 saturated heterocycles. The van der Waals surface area contributed by atoms with Crippen LogP contribution in [0.1, 0.15) is 27.2 Å². The van der Waals surface area contributed by atoms with E-state index >= 15 is 0 Å².